The summed E-state index contributed by atoms with van der Waals surface area (Å²) in [5.74, 6) is -0.440. The van der Waals surface area contributed by atoms with Crippen LogP contribution in [-0.4, -0.2) is 30.1 Å². The second-order valence-electron chi connectivity index (χ2n) is 6.55. The van der Waals surface area contributed by atoms with Crippen molar-refractivity contribution in [2.24, 2.45) is 0 Å². The van der Waals surface area contributed by atoms with Gasteiger partial charge in [0.25, 0.3) is 5.91 Å². The average molecular weight is 348 g/mol. The number of aromatic nitrogens is 1. The number of rotatable bonds is 3. The number of para-hydroxylation sites is 1. The van der Waals surface area contributed by atoms with E-state index in [1.165, 1.54) is 7.11 Å². The van der Waals surface area contributed by atoms with E-state index in [9.17, 15) is 9.59 Å². The van der Waals surface area contributed by atoms with Crippen molar-refractivity contribution in [1.82, 2.24) is 4.57 Å². The molecular weight excluding hydrogens is 328 g/mol. The van der Waals surface area contributed by atoms with Crippen LogP contribution in [0.15, 0.2) is 48.5 Å². The molecule has 0 aliphatic carbocycles. The maximum atomic E-state index is 13.3. The fourth-order valence-corrected chi connectivity index (χ4v) is 3.70. The van der Waals surface area contributed by atoms with Crippen LogP contribution >= 0.6 is 0 Å². The van der Waals surface area contributed by atoms with Crippen molar-refractivity contribution in [2.45, 2.75) is 19.9 Å². The van der Waals surface area contributed by atoms with Crippen molar-refractivity contribution in [3.63, 3.8) is 0 Å². The molecule has 1 aliphatic heterocycles. The van der Waals surface area contributed by atoms with Gasteiger partial charge in [0.05, 0.1) is 7.11 Å². The van der Waals surface area contributed by atoms with Gasteiger partial charge >= 0.3 is 5.97 Å². The standard InChI is InChI=1S/C21H20N2O3/c1-14-8-9-18-17(12-14)16-10-11-22(15-6-4-3-5-7-15)21(25)20(16)23(18)13-19(24)26-2/h3-9,12H,10-11,13H2,1-2H3. The monoisotopic (exact) mass is 348 g/mol. The number of carbonyl (C=O) groups excluding carboxylic acids is 2. The summed E-state index contributed by atoms with van der Waals surface area (Å²) < 4.78 is 6.65. The van der Waals surface area contributed by atoms with Gasteiger partial charge in [-0.15, -0.1) is 0 Å². The molecule has 2 aromatic carbocycles. The first-order chi connectivity index (χ1) is 12.6. The van der Waals surface area contributed by atoms with E-state index in [0.717, 1.165) is 34.1 Å². The molecule has 0 radical (unpaired) electrons. The van der Waals surface area contributed by atoms with Crippen LogP contribution in [-0.2, 0) is 22.5 Å². The number of nitrogens with zero attached hydrogens (tertiary/aromatic N) is 2. The van der Waals surface area contributed by atoms with E-state index < -0.39 is 0 Å². The predicted molar refractivity (Wildman–Crippen MR) is 101 cm³/mol. The first-order valence-corrected chi connectivity index (χ1v) is 8.65. The van der Waals surface area contributed by atoms with Gasteiger partial charge in [-0.2, -0.15) is 0 Å². The fraction of sp³-hybridized carbons (Fsp3) is 0.238. The molecular formula is C21H20N2O3. The maximum Gasteiger partial charge on any atom is 0.325 e. The van der Waals surface area contributed by atoms with Crippen LogP contribution in [0.4, 0.5) is 5.69 Å². The largest absolute Gasteiger partial charge is 0.468 e. The SMILES string of the molecule is COC(=O)Cn1c2c(c3cc(C)ccc31)CCN(c1ccccc1)C2=O. The molecule has 0 saturated carbocycles. The number of aryl methyl sites for hydroxylation is 1. The zero-order chi connectivity index (χ0) is 18.3. The van der Waals surface area contributed by atoms with E-state index in [-0.39, 0.29) is 18.4 Å². The summed E-state index contributed by atoms with van der Waals surface area (Å²) in [7, 11) is 1.36. The van der Waals surface area contributed by atoms with Crippen molar-refractivity contribution >= 4 is 28.5 Å². The van der Waals surface area contributed by atoms with Crippen molar-refractivity contribution in [3.05, 3.63) is 65.4 Å². The molecule has 1 amide bonds. The lowest BCUT2D eigenvalue weighted by molar-refractivity contribution is -0.141. The highest BCUT2D eigenvalue weighted by atomic mass is 16.5. The highest BCUT2D eigenvalue weighted by Gasteiger charge is 2.32. The van der Waals surface area contributed by atoms with Gasteiger partial charge in [0, 0.05) is 23.1 Å². The molecule has 132 valence electrons. The van der Waals surface area contributed by atoms with Crippen LogP contribution in [0.3, 0.4) is 0 Å². The Balaban J connectivity index is 1.90. The number of ether oxygens (including phenoxy) is 1. The van der Waals surface area contributed by atoms with Gasteiger partial charge < -0.3 is 14.2 Å². The molecule has 0 unspecified atom stereocenters. The van der Waals surface area contributed by atoms with Crippen molar-refractivity contribution in [1.29, 1.82) is 0 Å². The van der Waals surface area contributed by atoms with Gasteiger partial charge in [-0.1, -0.05) is 29.8 Å². The molecule has 4 rings (SSSR count). The Kier molecular flexibility index (Phi) is 3.99. The Morgan fingerprint density at radius 3 is 2.65 bits per heavy atom. The summed E-state index contributed by atoms with van der Waals surface area (Å²) in [6.07, 6.45) is 0.754. The number of esters is 1. The van der Waals surface area contributed by atoms with Crippen LogP contribution in [0.5, 0.6) is 0 Å². The third-order valence-corrected chi connectivity index (χ3v) is 4.94. The van der Waals surface area contributed by atoms with E-state index in [0.29, 0.717) is 12.2 Å². The summed E-state index contributed by atoms with van der Waals surface area (Å²) in [6, 6.07) is 15.7. The minimum atomic E-state index is -0.366. The minimum absolute atomic E-state index is 0.0275. The number of hydrogen-bond donors (Lipinski definition) is 0. The average Bonchev–Trinajstić information content (AvgIpc) is 2.96. The van der Waals surface area contributed by atoms with Crippen LogP contribution in [0.2, 0.25) is 0 Å². The first-order valence-electron chi connectivity index (χ1n) is 8.65. The molecule has 0 spiro atoms. The number of fused-ring (bicyclic) bond motifs is 3. The Morgan fingerprint density at radius 1 is 1.15 bits per heavy atom. The molecule has 0 bridgehead atoms. The maximum absolute atomic E-state index is 13.3. The number of amides is 1. The second kappa shape index (κ2) is 6.33. The van der Waals surface area contributed by atoms with E-state index >= 15 is 0 Å². The Morgan fingerprint density at radius 2 is 1.92 bits per heavy atom. The molecule has 1 aromatic heterocycles. The van der Waals surface area contributed by atoms with Gasteiger partial charge in [0.2, 0.25) is 0 Å². The van der Waals surface area contributed by atoms with Crippen molar-refractivity contribution in [2.75, 3.05) is 18.6 Å². The molecule has 0 saturated heterocycles. The molecule has 26 heavy (non-hydrogen) atoms. The van der Waals surface area contributed by atoms with Crippen LogP contribution in [0, 0.1) is 6.92 Å². The van der Waals surface area contributed by atoms with Crippen molar-refractivity contribution in [3.8, 4) is 0 Å². The summed E-state index contributed by atoms with van der Waals surface area (Å²) >= 11 is 0. The first kappa shape index (κ1) is 16.4. The lowest BCUT2D eigenvalue weighted by Gasteiger charge is -2.28. The molecule has 0 N–H and O–H groups in total. The quantitative estimate of drug-likeness (QED) is 0.682. The van der Waals surface area contributed by atoms with E-state index in [1.54, 1.807) is 9.47 Å². The number of benzene rings is 2. The Labute approximate surface area is 151 Å². The topological polar surface area (TPSA) is 51.5 Å². The van der Waals surface area contributed by atoms with Gasteiger partial charge in [-0.25, -0.2) is 0 Å². The van der Waals surface area contributed by atoms with Gasteiger partial charge in [-0.05, 0) is 43.2 Å². The molecule has 0 fully saturated rings. The minimum Gasteiger partial charge on any atom is -0.468 e. The third kappa shape index (κ3) is 2.56. The lowest BCUT2D eigenvalue weighted by atomic mass is 10.0. The number of hydrogen-bond acceptors (Lipinski definition) is 3. The summed E-state index contributed by atoms with van der Waals surface area (Å²) in [6.45, 7) is 2.69. The Bertz CT molecular complexity index is 1010. The molecule has 5 nitrogen and oxygen atoms in total. The van der Waals surface area contributed by atoms with Crippen LogP contribution < -0.4 is 4.90 Å². The van der Waals surface area contributed by atoms with Gasteiger partial charge in [-0.3, -0.25) is 9.59 Å². The molecule has 0 atom stereocenters. The third-order valence-electron chi connectivity index (χ3n) is 4.94. The molecule has 5 heteroatoms. The smallest absolute Gasteiger partial charge is 0.325 e. The highest BCUT2D eigenvalue weighted by Crippen LogP contribution is 2.33. The Hall–Kier alpha value is -3.08. The van der Waals surface area contributed by atoms with Crippen LogP contribution in [0.1, 0.15) is 21.6 Å². The predicted octanol–water partition coefficient (Wildman–Crippen LogP) is 3.33. The van der Waals surface area contributed by atoms with Gasteiger partial charge in [0.1, 0.15) is 12.2 Å². The normalized spacial score (nSPS) is 13.8. The number of methoxy groups -OCH3 is 1. The summed E-state index contributed by atoms with van der Waals surface area (Å²) in [4.78, 5) is 27.1. The lowest BCUT2D eigenvalue weighted by Crippen LogP contribution is -2.39. The number of carbonyl (C=O) groups is 2. The highest BCUT2D eigenvalue weighted by molar-refractivity contribution is 6.11. The molecule has 3 aromatic rings. The van der Waals surface area contributed by atoms with E-state index in [1.807, 2.05) is 49.4 Å². The zero-order valence-electron chi connectivity index (χ0n) is 14.9. The summed E-state index contributed by atoms with van der Waals surface area (Å²) in [5.41, 5.74) is 4.51. The van der Waals surface area contributed by atoms with Crippen molar-refractivity contribution < 1.29 is 14.3 Å². The van der Waals surface area contributed by atoms with Crippen LogP contribution in [0.25, 0.3) is 10.9 Å². The number of anilines is 1. The van der Waals surface area contributed by atoms with E-state index in [2.05, 4.69) is 6.07 Å². The molecule has 2 heterocycles. The second-order valence-corrected chi connectivity index (χ2v) is 6.55. The summed E-state index contributed by atoms with van der Waals surface area (Å²) in [5, 5.41) is 1.05. The fourth-order valence-electron chi connectivity index (χ4n) is 3.70. The molecule has 1 aliphatic rings. The zero-order valence-corrected chi connectivity index (χ0v) is 14.9. The van der Waals surface area contributed by atoms with Gasteiger partial charge in [0.15, 0.2) is 0 Å². The van der Waals surface area contributed by atoms with E-state index in [4.69, 9.17) is 4.74 Å².